The summed E-state index contributed by atoms with van der Waals surface area (Å²) in [7, 11) is 0. The Labute approximate surface area is 240 Å². The predicted octanol–water partition coefficient (Wildman–Crippen LogP) is 4.37. The smallest absolute Gasteiger partial charge is 0.336 e. The first kappa shape index (κ1) is 29.9. The van der Waals surface area contributed by atoms with Gasteiger partial charge in [0.05, 0.1) is 12.1 Å². The van der Waals surface area contributed by atoms with E-state index < -0.39 is 18.0 Å². The number of nitrogens with two attached hydrogens (primary N) is 1. The van der Waals surface area contributed by atoms with Crippen molar-refractivity contribution in [3.8, 4) is 11.1 Å². The molecular formula is C31H39N5O5. The highest BCUT2D eigenvalue weighted by Crippen LogP contribution is 2.32. The second kappa shape index (κ2) is 14.0. The minimum absolute atomic E-state index is 0.0613. The van der Waals surface area contributed by atoms with Crippen molar-refractivity contribution in [1.82, 2.24) is 20.1 Å². The van der Waals surface area contributed by atoms with Crippen molar-refractivity contribution in [2.75, 3.05) is 0 Å². The zero-order valence-corrected chi connectivity index (χ0v) is 23.5. The lowest BCUT2D eigenvalue weighted by molar-refractivity contribution is -0.138. The summed E-state index contributed by atoms with van der Waals surface area (Å²) < 4.78 is 1.99. The van der Waals surface area contributed by atoms with E-state index in [9.17, 15) is 19.5 Å². The third-order valence-corrected chi connectivity index (χ3v) is 7.73. The summed E-state index contributed by atoms with van der Waals surface area (Å²) in [5.74, 6) is -0.168. The van der Waals surface area contributed by atoms with Crippen LogP contribution in [0, 0.1) is 0 Å². The van der Waals surface area contributed by atoms with Crippen LogP contribution in [0.4, 0.5) is 0 Å². The molecule has 0 radical (unpaired) electrons. The first-order valence-corrected chi connectivity index (χ1v) is 14.4. The van der Waals surface area contributed by atoms with Crippen LogP contribution in [-0.4, -0.2) is 54.9 Å². The summed E-state index contributed by atoms with van der Waals surface area (Å²) in [5, 5.41) is 26.4. The number of nitrogens with zero attached hydrogens (tertiary/aromatic N) is 3. The number of carbonyl (C=O) groups excluding carboxylic acids is 1. The molecule has 1 aliphatic carbocycles. The third kappa shape index (κ3) is 8.00. The van der Waals surface area contributed by atoms with Crippen molar-refractivity contribution in [3.63, 3.8) is 0 Å². The highest BCUT2D eigenvalue weighted by molar-refractivity contribution is 5.96. The summed E-state index contributed by atoms with van der Waals surface area (Å²) in [6, 6.07) is 14.0. The molecule has 5 N–H and O–H groups in total. The number of aromatic nitrogens is 3. The van der Waals surface area contributed by atoms with Gasteiger partial charge in [0.15, 0.2) is 5.82 Å². The van der Waals surface area contributed by atoms with Crippen LogP contribution in [0.3, 0.4) is 0 Å². The fraction of sp³-hybridized carbons (Fsp3) is 0.452. The molecule has 41 heavy (non-hydrogen) atoms. The number of rotatable bonds is 13. The van der Waals surface area contributed by atoms with E-state index >= 15 is 0 Å². The van der Waals surface area contributed by atoms with Gasteiger partial charge in [0, 0.05) is 24.8 Å². The molecule has 1 aliphatic rings. The van der Waals surface area contributed by atoms with Crippen molar-refractivity contribution < 1.29 is 24.6 Å². The Hall–Kier alpha value is -4.05. The summed E-state index contributed by atoms with van der Waals surface area (Å²) in [6.45, 7) is 2.73. The monoisotopic (exact) mass is 561 g/mol. The maximum absolute atomic E-state index is 12.2. The molecule has 10 heteroatoms. The Kier molecular flexibility index (Phi) is 10.2. The van der Waals surface area contributed by atoms with E-state index in [4.69, 9.17) is 20.9 Å². The second-order valence-electron chi connectivity index (χ2n) is 10.8. The van der Waals surface area contributed by atoms with Gasteiger partial charge >= 0.3 is 11.9 Å². The number of aliphatic carboxylic acids is 1. The number of hydrogen-bond acceptors (Lipinski definition) is 6. The molecular weight excluding hydrogens is 522 g/mol. The van der Waals surface area contributed by atoms with E-state index in [1.54, 1.807) is 12.1 Å². The molecule has 2 aromatic carbocycles. The van der Waals surface area contributed by atoms with Crippen LogP contribution in [0.2, 0.25) is 0 Å². The maximum Gasteiger partial charge on any atom is 0.336 e. The Morgan fingerprint density at radius 3 is 2.41 bits per heavy atom. The highest BCUT2D eigenvalue weighted by atomic mass is 16.4. The summed E-state index contributed by atoms with van der Waals surface area (Å²) in [4.78, 5) is 39.7. The Balaban J connectivity index is 1.39. The van der Waals surface area contributed by atoms with E-state index in [1.165, 1.54) is 0 Å². The Bertz CT molecular complexity index is 1350. The first-order chi connectivity index (χ1) is 19.7. The first-order valence-electron chi connectivity index (χ1n) is 14.4. The molecule has 1 amide bonds. The molecule has 1 unspecified atom stereocenters. The molecule has 1 heterocycles. The number of hydrogen-bond donors (Lipinski definition) is 4. The number of unbranched alkanes of at least 4 members (excludes halogenated alkanes) is 1. The number of nitrogens with one attached hydrogen (secondary N) is 1. The van der Waals surface area contributed by atoms with Gasteiger partial charge in [0.1, 0.15) is 11.9 Å². The average Bonchev–Trinajstić information content (AvgIpc) is 3.37. The molecule has 0 saturated heterocycles. The molecule has 10 nitrogen and oxygen atoms in total. The molecule has 3 aromatic rings. The van der Waals surface area contributed by atoms with Gasteiger partial charge in [-0.05, 0) is 61.3 Å². The summed E-state index contributed by atoms with van der Waals surface area (Å²) in [6.07, 6.45) is 6.53. The van der Waals surface area contributed by atoms with Crippen molar-refractivity contribution in [2.24, 2.45) is 5.73 Å². The number of aromatic carboxylic acids is 1. The maximum atomic E-state index is 12.2. The van der Waals surface area contributed by atoms with Crippen LogP contribution < -0.4 is 11.1 Å². The van der Waals surface area contributed by atoms with E-state index in [0.29, 0.717) is 12.1 Å². The summed E-state index contributed by atoms with van der Waals surface area (Å²) >= 11 is 0. The molecule has 0 aliphatic heterocycles. The molecule has 0 bridgehead atoms. The lowest BCUT2D eigenvalue weighted by Crippen LogP contribution is -2.39. The predicted molar refractivity (Wildman–Crippen MR) is 155 cm³/mol. The van der Waals surface area contributed by atoms with Crippen LogP contribution in [0.1, 0.15) is 91.8 Å². The van der Waals surface area contributed by atoms with Crippen molar-refractivity contribution >= 4 is 17.8 Å². The van der Waals surface area contributed by atoms with Crippen LogP contribution in [0.5, 0.6) is 0 Å². The van der Waals surface area contributed by atoms with Crippen molar-refractivity contribution in [3.05, 3.63) is 71.3 Å². The van der Waals surface area contributed by atoms with Crippen LogP contribution in [0.25, 0.3) is 11.1 Å². The van der Waals surface area contributed by atoms with Crippen LogP contribution in [0.15, 0.2) is 48.5 Å². The number of amides is 1. The zero-order valence-electron chi connectivity index (χ0n) is 23.5. The number of benzene rings is 2. The molecule has 4 rings (SSSR count). The lowest BCUT2D eigenvalue weighted by atomic mass is 9.85. The van der Waals surface area contributed by atoms with Gasteiger partial charge in [-0.15, -0.1) is 0 Å². The normalized spacial score (nSPS) is 17.6. The number of carboxylic acids is 2. The molecule has 1 saturated carbocycles. The number of aryl methyl sites for hydroxylation is 1. The zero-order chi connectivity index (χ0) is 29.4. The van der Waals surface area contributed by atoms with Gasteiger partial charge in [-0.2, -0.15) is 5.10 Å². The molecule has 1 fully saturated rings. The summed E-state index contributed by atoms with van der Waals surface area (Å²) in [5.41, 5.74) is 8.38. The van der Waals surface area contributed by atoms with Gasteiger partial charge in [-0.25, -0.2) is 14.5 Å². The van der Waals surface area contributed by atoms with E-state index in [1.807, 2.05) is 41.1 Å². The highest BCUT2D eigenvalue weighted by Gasteiger charge is 2.27. The molecule has 218 valence electrons. The minimum atomic E-state index is -1.10. The topological polar surface area (TPSA) is 160 Å². The standard InChI is InChI=1S/C31H39N5O5/c1-2-3-8-27-34-29(22-13-15-23(16-14-22)33-28(37)18-17-26(32)31(40)41)35-36(27)19-20-9-11-21(12-10-20)24-6-4-5-7-25(24)30(38)39/h4-7,9-12,22-23,26H,2-3,8,13-19,32H2,1H3,(H,33,37)(H,38,39)(H,40,41). The molecule has 1 aromatic heterocycles. The quantitative estimate of drug-likeness (QED) is 0.239. The van der Waals surface area contributed by atoms with Gasteiger partial charge in [0.2, 0.25) is 5.91 Å². The average molecular weight is 562 g/mol. The molecule has 1 atom stereocenters. The Morgan fingerprint density at radius 2 is 1.76 bits per heavy atom. The lowest BCUT2D eigenvalue weighted by Gasteiger charge is -2.27. The van der Waals surface area contributed by atoms with Crippen molar-refractivity contribution in [1.29, 1.82) is 0 Å². The Morgan fingerprint density at radius 1 is 1.05 bits per heavy atom. The van der Waals surface area contributed by atoms with E-state index in [-0.39, 0.29) is 36.3 Å². The van der Waals surface area contributed by atoms with Gasteiger partial charge in [-0.1, -0.05) is 55.8 Å². The number of carboxylic acid groups (broad SMARTS) is 2. The van der Waals surface area contributed by atoms with Gasteiger partial charge in [0.25, 0.3) is 0 Å². The van der Waals surface area contributed by atoms with Gasteiger partial charge in [-0.3, -0.25) is 9.59 Å². The van der Waals surface area contributed by atoms with Gasteiger partial charge < -0.3 is 21.3 Å². The van der Waals surface area contributed by atoms with Crippen LogP contribution in [-0.2, 0) is 22.6 Å². The van der Waals surface area contributed by atoms with Crippen molar-refractivity contribution in [2.45, 2.75) is 89.3 Å². The van der Waals surface area contributed by atoms with Crippen LogP contribution >= 0.6 is 0 Å². The fourth-order valence-corrected chi connectivity index (χ4v) is 5.30. The van der Waals surface area contributed by atoms with E-state index in [0.717, 1.165) is 67.7 Å². The van der Waals surface area contributed by atoms with E-state index in [2.05, 4.69) is 12.2 Å². The molecule has 0 spiro atoms. The SMILES string of the molecule is CCCCc1nc(C2CCC(NC(=O)CCC(N)C(=O)O)CC2)nn1Cc1ccc(-c2ccccc2C(=O)O)cc1. The minimum Gasteiger partial charge on any atom is -0.480 e. The largest absolute Gasteiger partial charge is 0.480 e. The third-order valence-electron chi connectivity index (χ3n) is 7.73. The second-order valence-corrected chi connectivity index (χ2v) is 10.8. The number of carbonyl (C=O) groups is 3. The fourth-order valence-electron chi connectivity index (χ4n) is 5.30.